The van der Waals surface area contributed by atoms with Gasteiger partial charge in [0.2, 0.25) is 0 Å². The van der Waals surface area contributed by atoms with Crippen LogP contribution in [0.1, 0.15) is 5.56 Å². The predicted octanol–water partition coefficient (Wildman–Crippen LogP) is 3.44. The number of rotatable bonds is 4. The first-order valence-corrected chi connectivity index (χ1v) is 8.66. The van der Waals surface area contributed by atoms with Gasteiger partial charge in [-0.25, -0.2) is 9.18 Å². The van der Waals surface area contributed by atoms with Crippen LogP contribution in [0.5, 0.6) is 5.75 Å². The number of halogens is 2. The van der Waals surface area contributed by atoms with E-state index in [9.17, 15) is 17.6 Å². The van der Waals surface area contributed by atoms with Gasteiger partial charge >= 0.3 is 15.7 Å². The van der Waals surface area contributed by atoms with Crippen LogP contribution < -0.4 is 9.81 Å². The zero-order valence-corrected chi connectivity index (χ0v) is 13.6. The van der Waals surface area contributed by atoms with Crippen LogP contribution in [-0.2, 0) is 16.0 Å². The first-order chi connectivity index (χ1) is 11.4. The molecule has 0 radical (unpaired) electrons. The first-order valence-electron chi connectivity index (χ1n) is 6.72. The Kier molecular flexibility index (Phi) is 4.29. The molecule has 3 aromatic rings. The van der Waals surface area contributed by atoms with E-state index < -0.39 is 21.6 Å². The van der Waals surface area contributed by atoms with Gasteiger partial charge in [0.25, 0.3) is 0 Å². The summed E-state index contributed by atoms with van der Waals surface area (Å²) in [6.07, 6.45) is 0. The van der Waals surface area contributed by atoms with E-state index in [0.29, 0.717) is 10.9 Å². The molecule has 1 aromatic heterocycles. The van der Waals surface area contributed by atoms with E-state index in [1.165, 1.54) is 36.4 Å². The Bertz CT molecular complexity index is 1080. The number of benzene rings is 2. The van der Waals surface area contributed by atoms with Crippen LogP contribution in [0.3, 0.4) is 0 Å². The molecule has 8 heteroatoms. The minimum atomic E-state index is -4.22. The Balaban J connectivity index is 2.03. The third kappa shape index (κ3) is 3.27. The van der Waals surface area contributed by atoms with Crippen LogP contribution in [0, 0.1) is 5.82 Å². The molecular formula is C16H10ClFO5S. The first kappa shape index (κ1) is 16.5. The van der Waals surface area contributed by atoms with Crippen LogP contribution >= 0.6 is 11.6 Å². The normalized spacial score (nSPS) is 11.6. The van der Waals surface area contributed by atoms with Gasteiger partial charge in [-0.05, 0) is 35.9 Å². The monoisotopic (exact) mass is 368 g/mol. The van der Waals surface area contributed by atoms with Gasteiger partial charge in [0, 0.05) is 23.4 Å². The van der Waals surface area contributed by atoms with Gasteiger partial charge in [0.15, 0.2) is 0 Å². The summed E-state index contributed by atoms with van der Waals surface area (Å²) < 4.78 is 47.6. The van der Waals surface area contributed by atoms with E-state index in [1.807, 2.05) is 0 Å². The van der Waals surface area contributed by atoms with Crippen LogP contribution in [0.15, 0.2) is 62.6 Å². The summed E-state index contributed by atoms with van der Waals surface area (Å²) in [6.45, 7) is 0. The maximum atomic E-state index is 13.2. The van der Waals surface area contributed by atoms with Gasteiger partial charge in [0.1, 0.15) is 22.0 Å². The largest absolute Gasteiger partial charge is 0.423 e. The maximum absolute atomic E-state index is 13.2. The number of hydrogen-bond acceptors (Lipinski definition) is 5. The van der Waals surface area contributed by atoms with E-state index in [1.54, 1.807) is 0 Å². The van der Waals surface area contributed by atoms with Crippen molar-refractivity contribution in [3.8, 4) is 5.75 Å². The van der Waals surface area contributed by atoms with E-state index >= 15 is 0 Å². The lowest BCUT2D eigenvalue weighted by atomic mass is 10.1. The molecule has 0 saturated carbocycles. The minimum Gasteiger partial charge on any atom is -0.423 e. The van der Waals surface area contributed by atoms with Gasteiger partial charge in [-0.1, -0.05) is 6.07 Å². The number of fused-ring (bicyclic) bond motifs is 1. The van der Waals surface area contributed by atoms with Gasteiger partial charge < -0.3 is 8.60 Å². The van der Waals surface area contributed by atoms with Gasteiger partial charge in [-0.3, -0.25) is 0 Å². The molecule has 0 aliphatic heterocycles. The lowest BCUT2D eigenvalue weighted by Crippen LogP contribution is -2.10. The highest BCUT2D eigenvalue weighted by Gasteiger charge is 2.18. The molecule has 3 rings (SSSR count). The van der Waals surface area contributed by atoms with Crippen molar-refractivity contribution in [3.05, 3.63) is 70.3 Å². The van der Waals surface area contributed by atoms with Crippen molar-refractivity contribution in [1.29, 1.82) is 0 Å². The fourth-order valence-corrected chi connectivity index (χ4v) is 3.35. The summed E-state index contributed by atoms with van der Waals surface area (Å²) in [5.74, 6) is -0.665. The molecule has 2 aromatic carbocycles. The van der Waals surface area contributed by atoms with Crippen molar-refractivity contribution in [3.63, 3.8) is 0 Å². The Morgan fingerprint density at radius 3 is 2.62 bits per heavy atom. The SMILES string of the molecule is O=c1cc(CCl)c2ccc(OS(=O)(=O)c3cccc(F)c3)cc2o1. The molecule has 0 spiro atoms. The summed E-state index contributed by atoms with van der Waals surface area (Å²) in [4.78, 5) is 11.2. The molecule has 0 fully saturated rings. The standard InChI is InChI=1S/C16H10ClFO5S/c17-9-10-6-16(19)22-15-8-12(4-5-14(10)15)23-24(20,21)13-3-1-2-11(18)7-13/h1-8H,9H2. The lowest BCUT2D eigenvalue weighted by Gasteiger charge is -2.08. The molecule has 0 saturated heterocycles. The average Bonchev–Trinajstić information content (AvgIpc) is 2.53. The molecule has 124 valence electrons. The summed E-state index contributed by atoms with van der Waals surface area (Å²) in [5.41, 5.74) is 0.0934. The third-order valence-corrected chi connectivity index (χ3v) is 4.77. The molecule has 0 aliphatic carbocycles. The average molecular weight is 369 g/mol. The summed E-state index contributed by atoms with van der Waals surface area (Å²) in [6, 6.07) is 9.91. The topological polar surface area (TPSA) is 73.6 Å². The van der Waals surface area contributed by atoms with E-state index in [-0.39, 0.29) is 22.1 Å². The number of hydrogen-bond donors (Lipinski definition) is 0. The molecule has 5 nitrogen and oxygen atoms in total. The molecule has 0 N–H and O–H groups in total. The second kappa shape index (κ2) is 6.26. The highest BCUT2D eigenvalue weighted by molar-refractivity contribution is 7.87. The molecule has 0 aliphatic rings. The van der Waals surface area contributed by atoms with Crippen molar-refractivity contribution in [2.75, 3.05) is 0 Å². The zero-order valence-electron chi connectivity index (χ0n) is 12.0. The van der Waals surface area contributed by atoms with Crippen molar-refractivity contribution in [1.82, 2.24) is 0 Å². The van der Waals surface area contributed by atoms with Crippen LogP contribution in [0.4, 0.5) is 4.39 Å². The Hall–Kier alpha value is -2.38. The minimum absolute atomic E-state index is 0.0679. The maximum Gasteiger partial charge on any atom is 0.339 e. The lowest BCUT2D eigenvalue weighted by molar-refractivity contribution is 0.484. The molecule has 0 atom stereocenters. The summed E-state index contributed by atoms with van der Waals surface area (Å²) >= 11 is 5.78. The van der Waals surface area contributed by atoms with Crippen molar-refractivity contribution in [2.24, 2.45) is 0 Å². The second-order valence-electron chi connectivity index (χ2n) is 4.88. The van der Waals surface area contributed by atoms with E-state index in [0.717, 1.165) is 12.1 Å². The smallest absolute Gasteiger partial charge is 0.339 e. The molecular weight excluding hydrogens is 359 g/mol. The van der Waals surface area contributed by atoms with Crippen LogP contribution in [0.2, 0.25) is 0 Å². The predicted molar refractivity (Wildman–Crippen MR) is 86.3 cm³/mol. The third-order valence-electron chi connectivity index (χ3n) is 3.24. The quantitative estimate of drug-likeness (QED) is 0.400. The number of alkyl halides is 1. The van der Waals surface area contributed by atoms with Crippen molar-refractivity contribution in [2.45, 2.75) is 10.8 Å². The van der Waals surface area contributed by atoms with E-state index in [2.05, 4.69) is 0 Å². The highest BCUT2D eigenvalue weighted by atomic mass is 35.5. The van der Waals surface area contributed by atoms with Gasteiger partial charge in [-0.2, -0.15) is 8.42 Å². The van der Waals surface area contributed by atoms with Crippen LogP contribution in [0.25, 0.3) is 11.0 Å². The van der Waals surface area contributed by atoms with Crippen molar-refractivity contribution >= 4 is 32.7 Å². The van der Waals surface area contributed by atoms with Gasteiger partial charge in [0.05, 0.1) is 0 Å². The molecule has 1 heterocycles. The molecule has 0 amide bonds. The second-order valence-corrected chi connectivity index (χ2v) is 6.69. The Labute approximate surface area is 141 Å². The van der Waals surface area contributed by atoms with E-state index in [4.69, 9.17) is 20.2 Å². The Morgan fingerprint density at radius 2 is 1.92 bits per heavy atom. The van der Waals surface area contributed by atoms with Crippen LogP contribution in [-0.4, -0.2) is 8.42 Å². The summed E-state index contributed by atoms with van der Waals surface area (Å²) in [7, 11) is -4.22. The fraction of sp³-hybridized carbons (Fsp3) is 0.0625. The van der Waals surface area contributed by atoms with Crippen molar-refractivity contribution < 1.29 is 21.4 Å². The molecule has 24 heavy (non-hydrogen) atoms. The highest BCUT2D eigenvalue weighted by Crippen LogP contribution is 2.26. The zero-order chi connectivity index (χ0) is 17.3. The molecule has 0 bridgehead atoms. The fourth-order valence-electron chi connectivity index (χ4n) is 2.17. The summed E-state index contributed by atoms with van der Waals surface area (Å²) in [5, 5.41) is 0.570. The Morgan fingerprint density at radius 1 is 1.12 bits per heavy atom. The van der Waals surface area contributed by atoms with Gasteiger partial charge in [-0.15, -0.1) is 11.6 Å². The molecule has 0 unspecified atom stereocenters.